The minimum Gasteiger partial charge on any atom is -0.396 e. The number of anilines is 2. The molecule has 1 aromatic heterocycles. The Morgan fingerprint density at radius 3 is 2.94 bits per heavy atom. The van der Waals surface area contributed by atoms with Crippen LogP contribution >= 0.6 is 0 Å². The Labute approximate surface area is 96.2 Å². The van der Waals surface area contributed by atoms with Crippen LogP contribution in [0, 0.1) is 5.92 Å². The number of nitrogen functional groups attached to an aromatic ring is 1. The number of hydrogen-bond donors (Lipinski definition) is 2. The topological polar surface area (TPSA) is 60.2 Å². The summed E-state index contributed by atoms with van der Waals surface area (Å²) in [6.45, 7) is 5.92. The molecule has 2 atom stereocenters. The molecular weight excluding hydrogens is 202 g/mol. The highest BCUT2D eigenvalue weighted by Gasteiger charge is 2.27. The summed E-state index contributed by atoms with van der Waals surface area (Å²) in [6, 6.07) is 3.86. The molecule has 1 aliphatic heterocycles. The molecule has 0 bridgehead atoms. The van der Waals surface area contributed by atoms with Gasteiger partial charge in [0.2, 0.25) is 0 Å². The van der Waals surface area contributed by atoms with Crippen molar-refractivity contribution in [1.29, 1.82) is 0 Å². The number of nitrogens with zero attached hydrogens (tertiary/aromatic N) is 1. The van der Waals surface area contributed by atoms with E-state index >= 15 is 0 Å². The van der Waals surface area contributed by atoms with Crippen molar-refractivity contribution < 1.29 is 4.74 Å². The number of pyridine rings is 1. The molecule has 0 aromatic carbocycles. The highest BCUT2D eigenvalue weighted by atomic mass is 16.5. The average Bonchev–Trinajstić information content (AvgIpc) is 2.29. The van der Waals surface area contributed by atoms with E-state index in [1.54, 1.807) is 0 Å². The number of aryl methyl sites for hydroxylation is 1. The molecule has 0 amide bonds. The van der Waals surface area contributed by atoms with Crippen molar-refractivity contribution in [3.8, 4) is 0 Å². The van der Waals surface area contributed by atoms with Crippen LogP contribution in [0.2, 0.25) is 0 Å². The van der Waals surface area contributed by atoms with Gasteiger partial charge in [0.1, 0.15) is 5.82 Å². The quantitative estimate of drug-likeness (QED) is 0.812. The van der Waals surface area contributed by atoms with E-state index in [2.05, 4.69) is 24.1 Å². The summed E-state index contributed by atoms with van der Waals surface area (Å²) in [4.78, 5) is 4.45. The predicted octanol–water partition coefficient (Wildman–Crippen LogP) is 1.67. The third kappa shape index (κ3) is 2.27. The SMILES string of the molecule is CCc1ccc(N)c(NCC2OCC2C)n1. The molecule has 0 aliphatic carbocycles. The molecule has 4 heteroatoms. The first kappa shape index (κ1) is 11.2. The van der Waals surface area contributed by atoms with Gasteiger partial charge in [0.15, 0.2) is 0 Å². The van der Waals surface area contributed by atoms with Crippen molar-refractivity contribution in [2.24, 2.45) is 5.92 Å². The second kappa shape index (κ2) is 4.70. The first-order valence-corrected chi connectivity index (χ1v) is 5.81. The standard InChI is InChI=1S/C12H19N3O/c1-3-9-4-5-10(13)12(15-9)14-6-11-8(2)7-16-11/h4-5,8,11H,3,6-7,13H2,1-2H3,(H,14,15). The molecule has 16 heavy (non-hydrogen) atoms. The first-order chi connectivity index (χ1) is 7.70. The van der Waals surface area contributed by atoms with Crippen molar-refractivity contribution in [1.82, 2.24) is 4.98 Å². The maximum atomic E-state index is 5.86. The van der Waals surface area contributed by atoms with Crippen molar-refractivity contribution in [3.63, 3.8) is 0 Å². The van der Waals surface area contributed by atoms with Gasteiger partial charge in [0, 0.05) is 18.2 Å². The minimum atomic E-state index is 0.298. The van der Waals surface area contributed by atoms with Crippen molar-refractivity contribution in [3.05, 3.63) is 17.8 Å². The molecule has 4 nitrogen and oxygen atoms in total. The van der Waals surface area contributed by atoms with Crippen LogP contribution in [0.1, 0.15) is 19.5 Å². The average molecular weight is 221 g/mol. The minimum absolute atomic E-state index is 0.298. The van der Waals surface area contributed by atoms with E-state index in [-0.39, 0.29) is 0 Å². The van der Waals surface area contributed by atoms with Gasteiger partial charge in [0.05, 0.1) is 18.4 Å². The molecule has 2 rings (SSSR count). The molecular formula is C12H19N3O. The molecule has 1 fully saturated rings. The Balaban J connectivity index is 1.97. The van der Waals surface area contributed by atoms with Crippen LogP contribution in [0.5, 0.6) is 0 Å². The highest BCUT2D eigenvalue weighted by Crippen LogP contribution is 2.21. The fourth-order valence-corrected chi connectivity index (χ4v) is 1.73. The van der Waals surface area contributed by atoms with Crippen LogP contribution in [-0.2, 0) is 11.2 Å². The van der Waals surface area contributed by atoms with Gasteiger partial charge in [-0.1, -0.05) is 13.8 Å². The van der Waals surface area contributed by atoms with Crippen LogP contribution in [-0.4, -0.2) is 24.2 Å². The van der Waals surface area contributed by atoms with Gasteiger partial charge in [-0.15, -0.1) is 0 Å². The summed E-state index contributed by atoms with van der Waals surface area (Å²) < 4.78 is 5.43. The van der Waals surface area contributed by atoms with Crippen LogP contribution in [0.25, 0.3) is 0 Å². The third-order valence-corrected chi connectivity index (χ3v) is 3.02. The Bertz CT molecular complexity index is 367. The lowest BCUT2D eigenvalue weighted by Gasteiger charge is -2.34. The van der Waals surface area contributed by atoms with Crippen molar-refractivity contribution in [2.75, 3.05) is 24.2 Å². The molecule has 88 valence electrons. The van der Waals surface area contributed by atoms with Gasteiger partial charge < -0.3 is 15.8 Å². The van der Waals surface area contributed by atoms with Crippen LogP contribution < -0.4 is 11.1 Å². The molecule has 1 aromatic rings. The molecule has 0 radical (unpaired) electrons. The number of ether oxygens (including phenoxy) is 1. The van der Waals surface area contributed by atoms with E-state index in [9.17, 15) is 0 Å². The van der Waals surface area contributed by atoms with Gasteiger partial charge in [-0.3, -0.25) is 0 Å². The zero-order chi connectivity index (χ0) is 11.5. The summed E-state index contributed by atoms with van der Waals surface area (Å²) >= 11 is 0. The third-order valence-electron chi connectivity index (χ3n) is 3.02. The number of aromatic nitrogens is 1. The lowest BCUT2D eigenvalue weighted by atomic mass is 10.0. The Morgan fingerprint density at radius 1 is 1.56 bits per heavy atom. The van der Waals surface area contributed by atoms with Crippen LogP contribution in [0.4, 0.5) is 11.5 Å². The Morgan fingerprint density at radius 2 is 2.38 bits per heavy atom. The first-order valence-electron chi connectivity index (χ1n) is 5.81. The summed E-state index contributed by atoms with van der Waals surface area (Å²) in [7, 11) is 0. The largest absolute Gasteiger partial charge is 0.396 e. The normalized spacial score (nSPS) is 23.9. The maximum absolute atomic E-state index is 5.86. The van der Waals surface area contributed by atoms with Gasteiger partial charge in [-0.2, -0.15) is 0 Å². The summed E-state index contributed by atoms with van der Waals surface area (Å²) in [5.74, 6) is 1.41. The van der Waals surface area contributed by atoms with E-state index in [0.29, 0.717) is 17.7 Å². The lowest BCUT2D eigenvalue weighted by molar-refractivity contribution is -0.0968. The smallest absolute Gasteiger partial charge is 0.149 e. The predicted molar refractivity (Wildman–Crippen MR) is 65.4 cm³/mol. The molecule has 2 unspecified atom stereocenters. The number of nitrogens with one attached hydrogen (secondary N) is 1. The number of rotatable bonds is 4. The van der Waals surface area contributed by atoms with Crippen molar-refractivity contribution >= 4 is 11.5 Å². The van der Waals surface area contributed by atoms with Crippen molar-refractivity contribution in [2.45, 2.75) is 26.4 Å². The fraction of sp³-hybridized carbons (Fsp3) is 0.583. The van der Waals surface area contributed by atoms with E-state index in [4.69, 9.17) is 10.5 Å². The molecule has 1 aliphatic rings. The summed E-state index contributed by atoms with van der Waals surface area (Å²) in [5.41, 5.74) is 7.61. The van der Waals surface area contributed by atoms with Gasteiger partial charge in [-0.05, 0) is 18.6 Å². The lowest BCUT2D eigenvalue weighted by Crippen LogP contribution is -2.42. The van der Waals surface area contributed by atoms with E-state index < -0.39 is 0 Å². The van der Waals surface area contributed by atoms with E-state index in [1.807, 2.05) is 12.1 Å². The molecule has 3 N–H and O–H groups in total. The molecule has 2 heterocycles. The Kier molecular flexibility index (Phi) is 3.29. The van der Waals surface area contributed by atoms with Crippen LogP contribution in [0.3, 0.4) is 0 Å². The summed E-state index contributed by atoms with van der Waals surface area (Å²) in [6.07, 6.45) is 1.22. The van der Waals surface area contributed by atoms with Crippen LogP contribution in [0.15, 0.2) is 12.1 Å². The molecule has 0 spiro atoms. The maximum Gasteiger partial charge on any atom is 0.149 e. The molecule has 1 saturated heterocycles. The number of nitrogens with two attached hydrogens (primary N) is 1. The van der Waals surface area contributed by atoms with Gasteiger partial charge in [-0.25, -0.2) is 4.98 Å². The zero-order valence-electron chi connectivity index (χ0n) is 9.86. The number of hydrogen-bond acceptors (Lipinski definition) is 4. The highest BCUT2D eigenvalue weighted by molar-refractivity contribution is 5.61. The monoisotopic (exact) mass is 221 g/mol. The zero-order valence-corrected chi connectivity index (χ0v) is 9.86. The second-order valence-electron chi connectivity index (χ2n) is 4.32. The van der Waals surface area contributed by atoms with E-state index in [1.165, 1.54) is 0 Å². The second-order valence-corrected chi connectivity index (χ2v) is 4.32. The fourth-order valence-electron chi connectivity index (χ4n) is 1.73. The van der Waals surface area contributed by atoms with Gasteiger partial charge >= 0.3 is 0 Å². The van der Waals surface area contributed by atoms with Gasteiger partial charge in [0.25, 0.3) is 0 Å². The molecule has 0 saturated carbocycles. The van der Waals surface area contributed by atoms with E-state index in [0.717, 1.165) is 31.1 Å². The summed E-state index contributed by atoms with van der Waals surface area (Å²) in [5, 5.41) is 3.26. The Hall–Kier alpha value is -1.29.